The molecule has 0 radical (unpaired) electrons. The number of H-pyrrole nitrogens is 1. The van der Waals surface area contributed by atoms with Crippen LogP contribution in [0.25, 0.3) is 10.9 Å². The molecule has 5 aromatic rings. The molecule has 0 saturated carbocycles. The third kappa shape index (κ3) is 4.79. The highest BCUT2D eigenvalue weighted by Gasteiger charge is 2.35. The van der Waals surface area contributed by atoms with Crippen LogP contribution in [-0.4, -0.2) is 36.9 Å². The summed E-state index contributed by atoms with van der Waals surface area (Å²) in [6, 6.07) is 18.9. The molecule has 0 spiro atoms. The van der Waals surface area contributed by atoms with Gasteiger partial charge in [-0.15, -0.1) is 5.10 Å². The van der Waals surface area contributed by atoms with Crippen molar-refractivity contribution < 1.29 is 13.9 Å². The quantitative estimate of drug-likeness (QED) is 0.292. The summed E-state index contributed by atoms with van der Waals surface area (Å²) < 4.78 is 18.7. The molecule has 0 bridgehead atoms. The normalized spacial score (nSPS) is 13.8. The van der Waals surface area contributed by atoms with Crippen molar-refractivity contribution in [2.75, 3.05) is 6.79 Å². The number of aromatic amines is 1. The number of nitrogens with zero attached hydrogens (tertiary/aromatic N) is 5. The molecule has 6 rings (SSSR count). The van der Waals surface area contributed by atoms with Gasteiger partial charge in [-0.1, -0.05) is 37.3 Å². The van der Waals surface area contributed by atoms with Gasteiger partial charge in [0, 0.05) is 23.6 Å². The maximum atomic E-state index is 13.8. The lowest BCUT2D eigenvalue weighted by Crippen LogP contribution is -2.38. The number of aromatic nitrogens is 5. The highest BCUT2D eigenvalue weighted by molar-refractivity contribution is 5.83. The Morgan fingerprint density at radius 1 is 1.05 bits per heavy atom. The number of hydrogen-bond donors (Lipinski definition) is 1. The number of benzene rings is 2. The zero-order valence-corrected chi connectivity index (χ0v) is 22.1. The molecule has 39 heavy (non-hydrogen) atoms. The molecule has 0 unspecified atom stereocenters. The summed E-state index contributed by atoms with van der Waals surface area (Å²) in [5.74, 6) is 2.60. The van der Waals surface area contributed by atoms with Gasteiger partial charge in [0.05, 0.1) is 23.9 Å². The number of nitrogens with one attached hydrogen (secondary N) is 1. The number of fused-ring (bicyclic) bond motifs is 2. The predicted molar refractivity (Wildman–Crippen MR) is 144 cm³/mol. The summed E-state index contributed by atoms with van der Waals surface area (Å²) in [7, 11) is 0. The number of ether oxygens (including phenoxy) is 2. The minimum atomic E-state index is -0.588. The lowest BCUT2D eigenvalue weighted by molar-refractivity contribution is 0.168. The number of rotatable bonds is 9. The molecule has 1 aliphatic rings. The Labute approximate surface area is 225 Å². The SMILES string of the molecule is CCC(C)(C)n1nnnc1[C@H](c1cc2cc3c(cc2[nH]c1=O)OCO3)N(Cc1ccccc1)Cc1ccco1. The Balaban J connectivity index is 1.56. The van der Waals surface area contributed by atoms with Crippen LogP contribution in [0.5, 0.6) is 11.5 Å². The fourth-order valence-corrected chi connectivity index (χ4v) is 4.92. The molecule has 1 N–H and O–H groups in total. The predicted octanol–water partition coefficient (Wildman–Crippen LogP) is 4.77. The fraction of sp³-hybridized carbons (Fsp3) is 0.310. The van der Waals surface area contributed by atoms with Gasteiger partial charge in [0.1, 0.15) is 11.8 Å². The van der Waals surface area contributed by atoms with Gasteiger partial charge in [-0.05, 0) is 60.5 Å². The molecule has 0 fully saturated rings. The topological polar surface area (TPSA) is 111 Å². The van der Waals surface area contributed by atoms with Crippen molar-refractivity contribution in [3.63, 3.8) is 0 Å². The van der Waals surface area contributed by atoms with Gasteiger partial charge < -0.3 is 18.9 Å². The molecule has 10 heteroatoms. The van der Waals surface area contributed by atoms with Crippen molar-refractivity contribution in [3.05, 3.63) is 100.0 Å². The Morgan fingerprint density at radius 2 is 1.85 bits per heavy atom. The zero-order chi connectivity index (χ0) is 27.0. The lowest BCUT2D eigenvalue weighted by atomic mass is 9.98. The minimum Gasteiger partial charge on any atom is -0.468 e. The monoisotopic (exact) mass is 526 g/mol. The first-order valence-electron chi connectivity index (χ1n) is 13.0. The van der Waals surface area contributed by atoms with E-state index in [2.05, 4.69) is 58.3 Å². The van der Waals surface area contributed by atoms with Crippen molar-refractivity contribution in [3.8, 4) is 11.5 Å². The molecule has 10 nitrogen and oxygen atoms in total. The standard InChI is InChI=1S/C29H30N6O4/c1-4-29(2,3)35-27(31-32-33-35)26(34(17-21-11-8-12-37-21)16-19-9-6-5-7-10-19)22-13-20-14-24-25(39-18-38-24)15-23(20)30-28(22)36/h5-15,26H,4,16-18H2,1-3H3,(H,30,36)/t26-/m0/s1. The van der Waals surface area contributed by atoms with E-state index in [1.54, 1.807) is 12.3 Å². The number of pyridine rings is 1. The maximum Gasteiger partial charge on any atom is 0.253 e. The first-order valence-corrected chi connectivity index (χ1v) is 13.0. The molecule has 0 aliphatic carbocycles. The molecule has 200 valence electrons. The third-order valence-electron chi connectivity index (χ3n) is 7.37. The average Bonchev–Trinajstić information content (AvgIpc) is 3.71. The summed E-state index contributed by atoms with van der Waals surface area (Å²) in [6.07, 6.45) is 2.45. The van der Waals surface area contributed by atoms with Crippen LogP contribution in [0.4, 0.5) is 0 Å². The summed E-state index contributed by atoms with van der Waals surface area (Å²) >= 11 is 0. The Bertz CT molecular complexity index is 1640. The van der Waals surface area contributed by atoms with Gasteiger partial charge in [-0.2, -0.15) is 0 Å². The van der Waals surface area contributed by atoms with E-state index in [9.17, 15) is 4.79 Å². The Morgan fingerprint density at radius 3 is 2.59 bits per heavy atom. The van der Waals surface area contributed by atoms with E-state index in [0.29, 0.717) is 41.5 Å². The number of tetrazole rings is 1. The molecule has 2 aromatic carbocycles. The maximum absolute atomic E-state index is 13.8. The fourth-order valence-electron chi connectivity index (χ4n) is 4.92. The van der Waals surface area contributed by atoms with Crippen LogP contribution in [0.3, 0.4) is 0 Å². The summed E-state index contributed by atoms with van der Waals surface area (Å²) in [6.45, 7) is 7.39. The van der Waals surface area contributed by atoms with E-state index in [1.165, 1.54) is 0 Å². The second-order valence-corrected chi connectivity index (χ2v) is 10.3. The summed E-state index contributed by atoms with van der Waals surface area (Å²) in [4.78, 5) is 19.0. The van der Waals surface area contributed by atoms with Gasteiger partial charge in [0.25, 0.3) is 5.56 Å². The minimum absolute atomic E-state index is 0.153. The van der Waals surface area contributed by atoms with Crippen LogP contribution in [0.15, 0.2) is 76.1 Å². The van der Waals surface area contributed by atoms with Gasteiger partial charge in [-0.3, -0.25) is 9.69 Å². The highest BCUT2D eigenvalue weighted by atomic mass is 16.7. The van der Waals surface area contributed by atoms with E-state index < -0.39 is 6.04 Å². The van der Waals surface area contributed by atoms with Gasteiger partial charge in [0.2, 0.25) is 6.79 Å². The van der Waals surface area contributed by atoms with E-state index in [1.807, 2.05) is 47.1 Å². The number of hydrogen-bond acceptors (Lipinski definition) is 8. The van der Waals surface area contributed by atoms with Gasteiger partial charge in [0.15, 0.2) is 17.3 Å². The third-order valence-corrected chi connectivity index (χ3v) is 7.37. The smallest absolute Gasteiger partial charge is 0.253 e. The van der Waals surface area contributed by atoms with Gasteiger partial charge in [-0.25, -0.2) is 4.68 Å². The van der Waals surface area contributed by atoms with Gasteiger partial charge >= 0.3 is 0 Å². The van der Waals surface area contributed by atoms with Crippen molar-refractivity contribution in [1.82, 2.24) is 30.1 Å². The second-order valence-electron chi connectivity index (χ2n) is 10.3. The van der Waals surface area contributed by atoms with Crippen molar-refractivity contribution in [2.24, 2.45) is 0 Å². The molecular formula is C29H30N6O4. The van der Waals surface area contributed by atoms with E-state index in [-0.39, 0.29) is 17.9 Å². The van der Waals surface area contributed by atoms with E-state index >= 15 is 0 Å². The molecule has 1 aliphatic heterocycles. The highest BCUT2D eigenvalue weighted by Crippen LogP contribution is 2.37. The van der Waals surface area contributed by atoms with Crippen LogP contribution < -0.4 is 15.0 Å². The van der Waals surface area contributed by atoms with Crippen molar-refractivity contribution in [1.29, 1.82) is 0 Å². The largest absolute Gasteiger partial charge is 0.468 e. The first kappa shape index (κ1) is 24.9. The van der Waals surface area contributed by atoms with Crippen molar-refractivity contribution >= 4 is 10.9 Å². The summed E-state index contributed by atoms with van der Waals surface area (Å²) in [5.41, 5.74) is 1.67. The van der Waals surface area contributed by atoms with E-state index in [4.69, 9.17) is 13.9 Å². The molecule has 0 amide bonds. The Kier molecular flexibility index (Phi) is 6.40. The number of furan rings is 1. The average molecular weight is 527 g/mol. The molecule has 1 atom stereocenters. The van der Waals surface area contributed by atoms with Crippen LogP contribution in [0.1, 0.15) is 55.9 Å². The van der Waals surface area contributed by atoms with Crippen LogP contribution in [-0.2, 0) is 18.6 Å². The van der Waals surface area contributed by atoms with Crippen molar-refractivity contribution in [2.45, 2.75) is 51.9 Å². The van der Waals surface area contributed by atoms with Crippen LogP contribution in [0, 0.1) is 0 Å². The molecule has 3 aromatic heterocycles. The van der Waals surface area contributed by atoms with Crippen LogP contribution in [0.2, 0.25) is 0 Å². The Hall–Kier alpha value is -4.44. The second kappa shape index (κ2) is 10.0. The van der Waals surface area contributed by atoms with E-state index in [0.717, 1.165) is 23.1 Å². The summed E-state index contributed by atoms with van der Waals surface area (Å²) in [5, 5.41) is 13.8. The molecule has 0 saturated heterocycles. The lowest BCUT2D eigenvalue weighted by Gasteiger charge is -2.33. The molecular weight excluding hydrogens is 496 g/mol. The first-order chi connectivity index (χ1) is 18.9. The molecule has 4 heterocycles. The van der Waals surface area contributed by atoms with Crippen LogP contribution >= 0.6 is 0 Å². The zero-order valence-electron chi connectivity index (χ0n) is 22.1.